The molecule has 0 saturated heterocycles. The van der Waals surface area contributed by atoms with Gasteiger partial charge in [-0.25, -0.2) is 4.98 Å². The normalized spacial score (nSPS) is 13.5. The van der Waals surface area contributed by atoms with Crippen LogP contribution in [-0.2, 0) is 13.6 Å². The van der Waals surface area contributed by atoms with E-state index in [1.807, 2.05) is 24.3 Å². The summed E-state index contributed by atoms with van der Waals surface area (Å²) in [5, 5.41) is 11.3. The molecular formula is C14H17ClNO4P. The van der Waals surface area contributed by atoms with Gasteiger partial charge in [-0.3, -0.25) is 4.57 Å². The van der Waals surface area contributed by atoms with E-state index in [9.17, 15) is 9.67 Å². The van der Waals surface area contributed by atoms with Gasteiger partial charge in [0.2, 0.25) is 0 Å². The zero-order valence-electron chi connectivity index (χ0n) is 11.8. The van der Waals surface area contributed by atoms with Gasteiger partial charge in [-0.2, -0.15) is 0 Å². The first-order valence-electron chi connectivity index (χ1n) is 6.64. The molecule has 0 spiro atoms. The van der Waals surface area contributed by atoms with Gasteiger partial charge < -0.3 is 14.2 Å². The van der Waals surface area contributed by atoms with Crippen LogP contribution in [-0.4, -0.2) is 23.3 Å². The molecule has 0 fully saturated rings. The third-order valence-corrected chi connectivity index (χ3v) is 5.32. The number of fused-ring (bicyclic) bond motifs is 1. The summed E-state index contributed by atoms with van der Waals surface area (Å²) in [6.45, 7) is 3.68. The second kappa shape index (κ2) is 6.86. The van der Waals surface area contributed by atoms with Crippen molar-refractivity contribution in [1.82, 2.24) is 4.98 Å². The fraction of sp³-hybridized carbons (Fsp3) is 0.357. The number of aromatic nitrogens is 1. The Morgan fingerprint density at radius 3 is 2.52 bits per heavy atom. The molecule has 7 heteroatoms. The van der Waals surface area contributed by atoms with Crippen molar-refractivity contribution < 1.29 is 18.7 Å². The molecule has 0 aliphatic rings. The van der Waals surface area contributed by atoms with E-state index < -0.39 is 13.4 Å². The molecule has 2 aromatic rings. The van der Waals surface area contributed by atoms with Crippen molar-refractivity contribution in [3.8, 4) is 0 Å². The number of rotatable bonds is 6. The van der Waals surface area contributed by atoms with Crippen molar-refractivity contribution in [3.63, 3.8) is 0 Å². The van der Waals surface area contributed by atoms with Crippen LogP contribution in [0.5, 0.6) is 0 Å². The number of halogens is 1. The standard InChI is InChI=1S/C14H17ClNO4P/c1-3-19-21(18,20-4-2)14(17)11-9-10-7-5-6-8-12(10)16-13(11)15/h5-9,14,17H,3-4H2,1-2H3. The lowest BCUT2D eigenvalue weighted by Gasteiger charge is -2.23. The van der Waals surface area contributed by atoms with Gasteiger partial charge in [0.15, 0.2) is 5.85 Å². The fourth-order valence-corrected chi connectivity index (χ4v) is 3.94. The maximum Gasteiger partial charge on any atom is 0.363 e. The molecule has 1 N–H and O–H groups in total. The molecule has 0 aliphatic heterocycles. The minimum atomic E-state index is -3.71. The molecule has 21 heavy (non-hydrogen) atoms. The monoisotopic (exact) mass is 329 g/mol. The van der Waals surface area contributed by atoms with Crippen LogP contribution < -0.4 is 0 Å². The number of hydrogen-bond donors (Lipinski definition) is 1. The predicted molar refractivity (Wildman–Crippen MR) is 82.6 cm³/mol. The average molecular weight is 330 g/mol. The number of aliphatic hydroxyl groups is 1. The molecule has 1 unspecified atom stereocenters. The Balaban J connectivity index is 2.48. The number of benzene rings is 1. The van der Waals surface area contributed by atoms with E-state index in [4.69, 9.17) is 20.6 Å². The fourth-order valence-electron chi connectivity index (χ4n) is 2.00. The molecule has 1 aromatic heterocycles. The summed E-state index contributed by atoms with van der Waals surface area (Å²) in [5.41, 5.74) is 0.932. The SMILES string of the molecule is CCOP(=O)(OCC)C(O)c1cc2ccccc2nc1Cl. The Morgan fingerprint density at radius 1 is 1.29 bits per heavy atom. The maximum absolute atomic E-state index is 12.6. The first-order valence-corrected chi connectivity index (χ1v) is 8.63. The molecule has 0 radical (unpaired) electrons. The quantitative estimate of drug-likeness (QED) is 0.637. The largest absolute Gasteiger partial charge is 0.376 e. The summed E-state index contributed by atoms with van der Waals surface area (Å²) >= 11 is 6.10. The van der Waals surface area contributed by atoms with Gasteiger partial charge in [-0.05, 0) is 26.0 Å². The zero-order valence-corrected chi connectivity index (χ0v) is 13.5. The van der Waals surface area contributed by atoms with Crippen LogP contribution in [0.3, 0.4) is 0 Å². The topological polar surface area (TPSA) is 68.7 Å². The summed E-state index contributed by atoms with van der Waals surface area (Å²) in [5.74, 6) is -1.47. The molecule has 2 rings (SSSR count). The predicted octanol–water partition coefficient (Wildman–Crippen LogP) is 4.15. The first kappa shape index (κ1) is 16.4. The van der Waals surface area contributed by atoms with Gasteiger partial charge in [-0.15, -0.1) is 0 Å². The average Bonchev–Trinajstić information content (AvgIpc) is 2.46. The molecule has 0 amide bonds. The van der Waals surface area contributed by atoms with Crippen LogP contribution in [0.15, 0.2) is 30.3 Å². The lowest BCUT2D eigenvalue weighted by molar-refractivity contribution is 0.150. The highest BCUT2D eigenvalue weighted by atomic mass is 35.5. The molecule has 1 heterocycles. The van der Waals surface area contributed by atoms with Crippen LogP contribution in [0, 0.1) is 0 Å². The van der Waals surface area contributed by atoms with E-state index in [0.29, 0.717) is 5.52 Å². The van der Waals surface area contributed by atoms with Gasteiger partial charge in [0.25, 0.3) is 0 Å². The van der Waals surface area contributed by atoms with Crippen molar-refractivity contribution in [1.29, 1.82) is 0 Å². The smallest absolute Gasteiger partial charge is 0.363 e. The summed E-state index contributed by atoms with van der Waals surface area (Å²) in [6.07, 6.45) is 0. The van der Waals surface area contributed by atoms with E-state index >= 15 is 0 Å². The summed E-state index contributed by atoms with van der Waals surface area (Å²) < 4.78 is 22.9. The van der Waals surface area contributed by atoms with E-state index in [1.54, 1.807) is 19.9 Å². The Bertz CT molecular complexity index is 669. The molecule has 0 bridgehead atoms. The number of aliphatic hydroxyl groups excluding tert-OH is 1. The third-order valence-electron chi connectivity index (χ3n) is 2.90. The molecule has 5 nitrogen and oxygen atoms in total. The van der Waals surface area contributed by atoms with Crippen molar-refractivity contribution in [2.24, 2.45) is 0 Å². The number of hydrogen-bond acceptors (Lipinski definition) is 5. The molecule has 0 saturated carbocycles. The van der Waals surface area contributed by atoms with E-state index in [2.05, 4.69) is 4.98 Å². The highest BCUT2D eigenvalue weighted by Gasteiger charge is 2.37. The molecule has 0 aliphatic carbocycles. The highest BCUT2D eigenvalue weighted by molar-refractivity contribution is 7.54. The van der Waals surface area contributed by atoms with Gasteiger partial charge in [-0.1, -0.05) is 29.8 Å². The van der Waals surface area contributed by atoms with Gasteiger partial charge in [0, 0.05) is 10.9 Å². The van der Waals surface area contributed by atoms with E-state index in [0.717, 1.165) is 5.39 Å². The van der Waals surface area contributed by atoms with Crippen molar-refractivity contribution in [3.05, 3.63) is 41.0 Å². The Labute approximate surface area is 128 Å². The second-order valence-corrected chi connectivity index (χ2v) is 6.75. The van der Waals surface area contributed by atoms with E-state index in [1.165, 1.54) is 0 Å². The minimum absolute atomic E-state index is 0.0841. The van der Waals surface area contributed by atoms with Crippen LogP contribution >= 0.6 is 19.2 Å². The zero-order chi connectivity index (χ0) is 15.5. The number of para-hydroxylation sites is 1. The highest BCUT2D eigenvalue weighted by Crippen LogP contribution is 2.60. The first-order chi connectivity index (χ1) is 10.0. The molecular weight excluding hydrogens is 313 g/mol. The summed E-state index contributed by atoms with van der Waals surface area (Å²) in [4.78, 5) is 4.20. The number of pyridine rings is 1. The minimum Gasteiger partial charge on any atom is -0.376 e. The van der Waals surface area contributed by atoms with E-state index in [-0.39, 0.29) is 23.9 Å². The van der Waals surface area contributed by atoms with Gasteiger partial charge >= 0.3 is 7.60 Å². The molecule has 1 atom stereocenters. The van der Waals surface area contributed by atoms with Crippen molar-refractivity contribution in [2.75, 3.05) is 13.2 Å². The van der Waals surface area contributed by atoms with Crippen molar-refractivity contribution >= 4 is 30.1 Å². The maximum atomic E-state index is 12.6. The molecule has 114 valence electrons. The Hall–Kier alpha value is -0.970. The Morgan fingerprint density at radius 2 is 1.90 bits per heavy atom. The van der Waals surface area contributed by atoms with Crippen LogP contribution in [0.2, 0.25) is 5.15 Å². The van der Waals surface area contributed by atoms with Crippen LogP contribution in [0.1, 0.15) is 25.3 Å². The van der Waals surface area contributed by atoms with Crippen molar-refractivity contribution in [2.45, 2.75) is 19.7 Å². The van der Waals surface area contributed by atoms with Gasteiger partial charge in [0.05, 0.1) is 18.7 Å². The molecule has 1 aromatic carbocycles. The lowest BCUT2D eigenvalue weighted by Crippen LogP contribution is -2.07. The van der Waals surface area contributed by atoms with Crippen LogP contribution in [0.4, 0.5) is 0 Å². The Kier molecular flexibility index (Phi) is 5.36. The third kappa shape index (κ3) is 3.44. The number of nitrogens with zero attached hydrogens (tertiary/aromatic N) is 1. The van der Waals surface area contributed by atoms with Gasteiger partial charge in [0.1, 0.15) is 5.15 Å². The summed E-state index contributed by atoms with van der Waals surface area (Å²) in [7, 11) is -3.71. The lowest BCUT2D eigenvalue weighted by atomic mass is 10.2. The summed E-state index contributed by atoms with van der Waals surface area (Å²) in [6, 6.07) is 8.98. The second-order valence-electron chi connectivity index (χ2n) is 4.31. The van der Waals surface area contributed by atoms with Crippen LogP contribution in [0.25, 0.3) is 10.9 Å².